The van der Waals surface area contributed by atoms with Gasteiger partial charge in [-0.3, -0.25) is 9.59 Å². The molecule has 0 aromatic heterocycles. The molecule has 36 heavy (non-hydrogen) atoms. The minimum Gasteiger partial charge on any atom is -0.494 e. The SMILES string of the molecule is CC[C@H](C)NC(=O)[C@@H](Cc1ccccc1)N(Cc1cccc(Cl)c1)C(=O)CCCOc1ccccc1. The highest BCUT2D eigenvalue weighted by molar-refractivity contribution is 6.30. The fourth-order valence-corrected chi connectivity index (χ4v) is 4.11. The summed E-state index contributed by atoms with van der Waals surface area (Å²) in [5.41, 5.74) is 1.88. The molecule has 0 saturated carbocycles. The summed E-state index contributed by atoms with van der Waals surface area (Å²) in [5.74, 6) is 0.534. The highest BCUT2D eigenvalue weighted by Crippen LogP contribution is 2.19. The fraction of sp³-hybridized carbons (Fsp3) is 0.333. The van der Waals surface area contributed by atoms with E-state index in [-0.39, 0.29) is 24.3 Å². The molecular formula is C30H35ClN2O3. The van der Waals surface area contributed by atoms with E-state index in [1.807, 2.05) is 92.7 Å². The summed E-state index contributed by atoms with van der Waals surface area (Å²) in [5, 5.41) is 3.68. The largest absolute Gasteiger partial charge is 0.494 e. The molecule has 0 spiro atoms. The smallest absolute Gasteiger partial charge is 0.243 e. The van der Waals surface area contributed by atoms with Crippen LogP contribution in [0.15, 0.2) is 84.9 Å². The van der Waals surface area contributed by atoms with Gasteiger partial charge in [-0.2, -0.15) is 0 Å². The van der Waals surface area contributed by atoms with Gasteiger partial charge in [0.15, 0.2) is 0 Å². The maximum Gasteiger partial charge on any atom is 0.243 e. The van der Waals surface area contributed by atoms with E-state index in [0.717, 1.165) is 23.3 Å². The summed E-state index contributed by atoms with van der Waals surface area (Å²) in [6.45, 7) is 4.72. The van der Waals surface area contributed by atoms with Crippen LogP contribution in [0.5, 0.6) is 5.75 Å². The Morgan fingerprint density at radius 1 is 0.944 bits per heavy atom. The van der Waals surface area contributed by atoms with Gasteiger partial charge in [0.25, 0.3) is 0 Å². The predicted molar refractivity (Wildman–Crippen MR) is 145 cm³/mol. The lowest BCUT2D eigenvalue weighted by Crippen LogP contribution is -2.52. The molecule has 3 rings (SSSR count). The molecule has 6 heteroatoms. The maximum absolute atomic E-state index is 13.6. The Bertz CT molecular complexity index is 1090. The van der Waals surface area contributed by atoms with Crippen LogP contribution in [0.25, 0.3) is 0 Å². The minimum atomic E-state index is -0.650. The van der Waals surface area contributed by atoms with E-state index in [1.54, 1.807) is 11.0 Å². The molecule has 0 bridgehead atoms. The average molecular weight is 507 g/mol. The molecule has 0 aliphatic heterocycles. The zero-order valence-electron chi connectivity index (χ0n) is 21.0. The number of benzene rings is 3. The molecule has 2 amide bonds. The third-order valence-electron chi connectivity index (χ3n) is 6.06. The Hall–Kier alpha value is -3.31. The van der Waals surface area contributed by atoms with E-state index in [9.17, 15) is 9.59 Å². The van der Waals surface area contributed by atoms with Crippen molar-refractivity contribution >= 4 is 23.4 Å². The van der Waals surface area contributed by atoms with E-state index in [1.165, 1.54) is 0 Å². The second-order valence-corrected chi connectivity index (χ2v) is 9.38. The van der Waals surface area contributed by atoms with Gasteiger partial charge < -0.3 is 15.0 Å². The molecule has 0 aliphatic rings. The number of ether oxygens (including phenoxy) is 1. The van der Waals surface area contributed by atoms with Gasteiger partial charge in [0.1, 0.15) is 11.8 Å². The molecule has 0 unspecified atom stereocenters. The van der Waals surface area contributed by atoms with Gasteiger partial charge in [-0.15, -0.1) is 0 Å². The van der Waals surface area contributed by atoms with Gasteiger partial charge in [-0.1, -0.05) is 79.2 Å². The number of rotatable bonds is 13. The molecule has 2 atom stereocenters. The van der Waals surface area contributed by atoms with Crippen LogP contribution in [-0.2, 0) is 22.6 Å². The Kier molecular flexibility index (Phi) is 10.8. The molecule has 0 aliphatic carbocycles. The molecule has 0 radical (unpaired) electrons. The Morgan fingerprint density at radius 3 is 2.28 bits per heavy atom. The lowest BCUT2D eigenvalue weighted by atomic mass is 10.0. The first-order chi connectivity index (χ1) is 17.5. The van der Waals surface area contributed by atoms with Crippen LogP contribution in [-0.4, -0.2) is 35.4 Å². The van der Waals surface area contributed by atoms with Gasteiger partial charge in [0, 0.05) is 30.5 Å². The van der Waals surface area contributed by atoms with Crippen molar-refractivity contribution in [3.8, 4) is 5.75 Å². The van der Waals surface area contributed by atoms with Crippen molar-refractivity contribution in [2.75, 3.05) is 6.61 Å². The summed E-state index contributed by atoms with van der Waals surface area (Å²) >= 11 is 6.23. The molecule has 0 fully saturated rings. The molecular weight excluding hydrogens is 472 g/mol. The first-order valence-electron chi connectivity index (χ1n) is 12.5. The van der Waals surface area contributed by atoms with Crippen LogP contribution < -0.4 is 10.1 Å². The summed E-state index contributed by atoms with van der Waals surface area (Å²) < 4.78 is 5.77. The lowest BCUT2D eigenvalue weighted by Gasteiger charge is -2.32. The monoisotopic (exact) mass is 506 g/mol. The quantitative estimate of drug-likeness (QED) is 0.287. The molecule has 0 heterocycles. The number of nitrogens with zero attached hydrogens (tertiary/aromatic N) is 1. The van der Waals surface area contributed by atoms with Crippen molar-refractivity contribution in [2.24, 2.45) is 0 Å². The van der Waals surface area contributed by atoms with Crippen LogP contribution >= 0.6 is 11.6 Å². The summed E-state index contributed by atoms with van der Waals surface area (Å²) in [6.07, 6.45) is 2.05. The van der Waals surface area contributed by atoms with Crippen molar-refractivity contribution in [2.45, 2.75) is 58.2 Å². The summed E-state index contributed by atoms with van der Waals surface area (Å²) in [4.78, 5) is 28.8. The fourth-order valence-electron chi connectivity index (χ4n) is 3.90. The number of hydrogen-bond donors (Lipinski definition) is 1. The number of nitrogens with one attached hydrogen (secondary N) is 1. The number of para-hydroxylation sites is 1. The highest BCUT2D eigenvalue weighted by Gasteiger charge is 2.30. The van der Waals surface area contributed by atoms with Crippen molar-refractivity contribution in [1.29, 1.82) is 0 Å². The van der Waals surface area contributed by atoms with Crippen LogP contribution in [0, 0.1) is 0 Å². The average Bonchev–Trinajstić information content (AvgIpc) is 2.89. The second-order valence-electron chi connectivity index (χ2n) is 8.94. The number of carbonyl (C=O) groups excluding carboxylic acids is 2. The molecule has 3 aromatic carbocycles. The Labute approximate surface area is 219 Å². The molecule has 3 aromatic rings. The number of carbonyl (C=O) groups is 2. The molecule has 1 N–H and O–H groups in total. The topological polar surface area (TPSA) is 58.6 Å². The van der Waals surface area contributed by atoms with E-state index in [0.29, 0.717) is 31.0 Å². The standard InChI is InChI=1S/C30H35ClN2O3/c1-3-23(2)32-30(35)28(21-24-12-6-4-7-13-24)33(22-25-14-10-15-26(31)20-25)29(34)18-11-19-36-27-16-8-5-9-17-27/h4-10,12-17,20,23,28H,3,11,18-19,21-22H2,1-2H3,(H,32,35)/t23-,28+/m0/s1. The van der Waals surface area contributed by atoms with Crippen LogP contribution in [0.1, 0.15) is 44.2 Å². The van der Waals surface area contributed by atoms with Gasteiger partial charge >= 0.3 is 0 Å². The third-order valence-corrected chi connectivity index (χ3v) is 6.30. The second kappa shape index (κ2) is 14.3. The van der Waals surface area contributed by atoms with Gasteiger partial charge in [0.2, 0.25) is 11.8 Å². The third kappa shape index (κ3) is 8.72. The lowest BCUT2D eigenvalue weighted by molar-refractivity contribution is -0.141. The van der Waals surface area contributed by atoms with E-state index in [2.05, 4.69) is 5.32 Å². The normalized spacial score (nSPS) is 12.4. The number of halogens is 1. The Balaban J connectivity index is 1.80. The van der Waals surface area contributed by atoms with E-state index < -0.39 is 6.04 Å². The zero-order chi connectivity index (χ0) is 25.8. The number of amides is 2. The number of hydrogen-bond acceptors (Lipinski definition) is 3. The first-order valence-corrected chi connectivity index (χ1v) is 12.9. The summed E-state index contributed by atoms with van der Waals surface area (Å²) in [6, 6.07) is 26.1. The maximum atomic E-state index is 13.6. The predicted octanol–water partition coefficient (Wildman–Crippen LogP) is 6.05. The van der Waals surface area contributed by atoms with E-state index in [4.69, 9.17) is 16.3 Å². The highest BCUT2D eigenvalue weighted by atomic mass is 35.5. The van der Waals surface area contributed by atoms with Crippen LogP contribution in [0.2, 0.25) is 5.02 Å². The van der Waals surface area contributed by atoms with Gasteiger partial charge in [-0.05, 0) is 55.2 Å². The zero-order valence-corrected chi connectivity index (χ0v) is 21.8. The minimum absolute atomic E-state index is 0.0122. The van der Waals surface area contributed by atoms with Crippen molar-refractivity contribution in [3.63, 3.8) is 0 Å². The van der Waals surface area contributed by atoms with Gasteiger partial charge in [0.05, 0.1) is 6.61 Å². The first kappa shape index (κ1) is 27.3. The molecule has 0 saturated heterocycles. The van der Waals surface area contributed by atoms with E-state index >= 15 is 0 Å². The van der Waals surface area contributed by atoms with Crippen LogP contribution in [0.3, 0.4) is 0 Å². The van der Waals surface area contributed by atoms with Crippen molar-refractivity contribution in [3.05, 3.63) is 101 Å². The Morgan fingerprint density at radius 2 is 1.61 bits per heavy atom. The summed E-state index contributed by atoms with van der Waals surface area (Å²) in [7, 11) is 0. The van der Waals surface area contributed by atoms with Crippen molar-refractivity contribution in [1.82, 2.24) is 10.2 Å². The molecule has 5 nitrogen and oxygen atoms in total. The van der Waals surface area contributed by atoms with Crippen LogP contribution in [0.4, 0.5) is 0 Å². The van der Waals surface area contributed by atoms with Crippen molar-refractivity contribution < 1.29 is 14.3 Å². The molecule has 190 valence electrons. The van der Waals surface area contributed by atoms with Gasteiger partial charge in [-0.25, -0.2) is 0 Å².